The summed E-state index contributed by atoms with van der Waals surface area (Å²) in [5, 5.41) is 3.09. The number of hydrogen-bond donors (Lipinski definition) is 1. The Kier molecular flexibility index (Phi) is 4.65. The zero-order chi connectivity index (χ0) is 13.7. The molecule has 100 valence electrons. The van der Waals surface area contributed by atoms with Crippen LogP contribution < -0.4 is 10.1 Å². The number of rotatable bonds is 6. The van der Waals surface area contributed by atoms with Crippen molar-refractivity contribution in [3.63, 3.8) is 0 Å². The molecule has 0 unspecified atom stereocenters. The van der Waals surface area contributed by atoms with Crippen molar-refractivity contribution in [1.29, 1.82) is 0 Å². The highest BCUT2D eigenvalue weighted by atomic mass is 32.1. The summed E-state index contributed by atoms with van der Waals surface area (Å²) in [7, 11) is 1.88. The molecule has 0 bridgehead atoms. The Morgan fingerprint density at radius 2 is 2.32 bits per heavy atom. The Bertz CT molecular complexity index is 566. The number of aryl methyl sites for hydroxylation is 1. The molecular weight excluding hydrogens is 260 g/mol. The van der Waals surface area contributed by atoms with Gasteiger partial charge in [0, 0.05) is 12.1 Å². The number of nitrogens with one attached hydrogen (secondary N) is 1. The molecule has 1 N–H and O–H groups in total. The number of carbonyl (C=O) groups is 1. The van der Waals surface area contributed by atoms with Gasteiger partial charge in [0.15, 0.2) is 6.29 Å². The average Bonchev–Trinajstić information content (AvgIpc) is 2.84. The fourth-order valence-electron chi connectivity index (χ4n) is 1.87. The van der Waals surface area contributed by atoms with Crippen molar-refractivity contribution >= 4 is 17.6 Å². The van der Waals surface area contributed by atoms with Crippen LogP contribution in [0.4, 0.5) is 0 Å². The number of nitrogens with zero attached hydrogens (tertiary/aromatic N) is 1. The molecule has 1 aromatic carbocycles. The van der Waals surface area contributed by atoms with E-state index in [9.17, 15) is 4.79 Å². The second-order valence-electron chi connectivity index (χ2n) is 4.10. The van der Waals surface area contributed by atoms with Crippen LogP contribution in [0.25, 0.3) is 10.4 Å². The number of hydrogen-bond acceptors (Lipinski definition) is 5. The van der Waals surface area contributed by atoms with Crippen molar-refractivity contribution in [2.45, 2.75) is 13.5 Å². The maximum absolute atomic E-state index is 10.5. The Labute approximate surface area is 116 Å². The molecule has 2 aromatic rings. The van der Waals surface area contributed by atoms with E-state index in [0.717, 1.165) is 33.7 Å². The zero-order valence-corrected chi connectivity index (χ0v) is 11.8. The average molecular weight is 276 g/mol. The van der Waals surface area contributed by atoms with Crippen LogP contribution in [-0.2, 0) is 11.3 Å². The van der Waals surface area contributed by atoms with Gasteiger partial charge >= 0.3 is 0 Å². The lowest BCUT2D eigenvalue weighted by molar-refractivity contribution is -0.109. The minimum absolute atomic E-state index is 0.0713. The first-order valence-corrected chi connectivity index (χ1v) is 6.88. The van der Waals surface area contributed by atoms with Crippen molar-refractivity contribution in [3.8, 4) is 16.2 Å². The largest absolute Gasteiger partial charge is 0.486 e. The first-order valence-electron chi connectivity index (χ1n) is 6.00. The van der Waals surface area contributed by atoms with Crippen LogP contribution in [0, 0.1) is 6.92 Å². The summed E-state index contributed by atoms with van der Waals surface area (Å²) in [5.41, 5.74) is 4.95. The van der Waals surface area contributed by atoms with E-state index in [1.807, 2.05) is 31.6 Å². The molecule has 0 saturated carbocycles. The Hall–Kier alpha value is -1.72. The minimum Gasteiger partial charge on any atom is -0.486 e. The summed E-state index contributed by atoms with van der Waals surface area (Å²) >= 11 is 1.60. The highest BCUT2D eigenvalue weighted by Crippen LogP contribution is 2.31. The second kappa shape index (κ2) is 6.45. The van der Waals surface area contributed by atoms with Gasteiger partial charge in [-0.2, -0.15) is 0 Å². The number of ether oxygens (including phenoxy) is 1. The molecule has 0 atom stereocenters. The van der Waals surface area contributed by atoms with Crippen LogP contribution in [0.1, 0.15) is 11.3 Å². The summed E-state index contributed by atoms with van der Waals surface area (Å²) in [6.07, 6.45) is 0.758. The van der Waals surface area contributed by atoms with Crippen LogP contribution >= 0.6 is 11.3 Å². The minimum atomic E-state index is 0.0713. The first-order chi connectivity index (χ1) is 9.26. The summed E-state index contributed by atoms with van der Waals surface area (Å²) in [6.45, 7) is 2.76. The van der Waals surface area contributed by atoms with Gasteiger partial charge in [-0.05, 0) is 25.6 Å². The smallest absolute Gasteiger partial charge is 0.157 e. The van der Waals surface area contributed by atoms with Gasteiger partial charge in [0.2, 0.25) is 0 Å². The molecule has 0 aliphatic carbocycles. The number of benzene rings is 1. The molecule has 0 amide bonds. The van der Waals surface area contributed by atoms with Crippen LogP contribution in [0.2, 0.25) is 0 Å². The summed E-state index contributed by atoms with van der Waals surface area (Å²) in [5.74, 6) is 0.742. The van der Waals surface area contributed by atoms with E-state index in [4.69, 9.17) is 4.74 Å². The standard InChI is InChI=1S/C14H16N2O2S/c1-10-14(19-9-16-10)11-3-4-12(8-15-2)13(7-11)18-6-5-17/h3-5,7,9,15H,6,8H2,1-2H3. The predicted octanol–water partition coefficient (Wildman–Crippen LogP) is 2.42. The van der Waals surface area contributed by atoms with Crippen molar-refractivity contribution in [2.75, 3.05) is 13.7 Å². The maximum atomic E-state index is 10.5. The van der Waals surface area contributed by atoms with Crippen LogP contribution in [-0.4, -0.2) is 24.9 Å². The highest BCUT2D eigenvalue weighted by molar-refractivity contribution is 7.13. The summed E-state index contributed by atoms with van der Waals surface area (Å²) in [6, 6.07) is 6.04. The fraction of sp³-hybridized carbons (Fsp3) is 0.286. The van der Waals surface area contributed by atoms with Crippen LogP contribution in [0.15, 0.2) is 23.7 Å². The fourth-order valence-corrected chi connectivity index (χ4v) is 2.67. The first kappa shape index (κ1) is 13.7. The van der Waals surface area contributed by atoms with E-state index in [-0.39, 0.29) is 6.61 Å². The Morgan fingerprint density at radius 1 is 1.47 bits per heavy atom. The van der Waals surface area contributed by atoms with E-state index in [1.54, 1.807) is 11.3 Å². The normalized spacial score (nSPS) is 10.4. The molecular formula is C14H16N2O2S. The molecule has 19 heavy (non-hydrogen) atoms. The third-order valence-electron chi connectivity index (χ3n) is 2.75. The lowest BCUT2D eigenvalue weighted by atomic mass is 10.1. The van der Waals surface area contributed by atoms with Crippen molar-refractivity contribution in [3.05, 3.63) is 35.0 Å². The number of carbonyl (C=O) groups excluding carboxylic acids is 1. The topological polar surface area (TPSA) is 51.2 Å². The Balaban J connectivity index is 2.37. The van der Waals surface area contributed by atoms with Gasteiger partial charge in [-0.15, -0.1) is 11.3 Å². The summed E-state index contributed by atoms with van der Waals surface area (Å²) in [4.78, 5) is 15.9. The van der Waals surface area contributed by atoms with E-state index in [2.05, 4.69) is 16.4 Å². The molecule has 4 nitrogen and oxygen atoms in total. The van der Waals surface area contributed by atoms with Crippen LogP contribution in [0.5, 0.6) is 5.75 Å². The molecule has 1 heterocycles. The van der Waals surface area contributed by atoms with E-state index in [0.29, 0.717) is 6.54 Å². The van der Waals surface area contributed by atoms with Gasteiger partial charge in [-0.1, -0.05) is 12.1 Å². The SMILES string of the molecule is CNCc1ccc(-c2scnc2C)cc1OCC=O. The second-order valence-corrected chi connectivity index (χ2v) is 4.95. The van der Waals surface area contributed by atoms with E-state index in [1.165, 1.54) is 0 Å². The molecule has 1 aromatic heterocycles. The number of aromatic nitrogens is 1. The molecule has 0 spiro atoms. The summed E-state index contributed by atoms with van der Waals surface area (Å²) < 4.78 is 5.49. The molecule has 0 aliphatic rings. The molecule has 5 heteroatoms. The lowest BCUT2D eigenvalue weighted by Crippen LogP contribution is -2.08. The van der Waals surface area contributed by atoms with Crippen molar-refractivity contribution < 1.29 is 9.53 Å². The zero-order valence-electron chi connectivity index (χ0n) is 11.0. The maximum Gasteiger partial charge on any atom is 0.157 e. The van der Waals surface area contributed by atoms with Gasteiger partial charge in [0.05, 0.1) is 16.1 Å². The van der Waals surface area contributed by atoms with E-state index < -0.39 is 0 Å². The van der Waals surface area contributed by atoms with Crippen LogP contribution in [0.3, 0.4) is 0 Å². The molecule has 2 rings (SSSR count). The van der Waals surface area contributed by atoms with Gasteiger partial charge < -0.3 is 10.1 Å². The monoisotopic (exact) mass is 276 g/mol. The molecule has 0 radical (unpaired) electrons. The quantitative estimate of drug-likeness (QED) is 0.823. The molecule has 0 saturated heterocycles. The molecule has 0 fully saturated rings. The van der Waals surface area contributed by atoms with E-state index >= 15 is 0 Å². The number of thiazole rings is 1. The van der Waals surface area contributed by atoms with Gasteiger partial charge in [0.25, 0.3) is 0 Å². The highest BCUT2D eigenvalue weighted by Gasteiger charge is 2.09. The van der Waals surface area contributed by atoms with Crippen molar-refractivity contribution in [1.82, 2.24) is 10.3 Å². The van der Waals surface area contributed by atoms with Gasteiger partial charge in [-0.3, -0.25) is 4.79 Å². The third kappa shape index (κ3) is 3.19. The van der Waals surface area contributed by atoms with Crippen molar-refractivity contribution in [2.24, 2.45) is 0 Å². The van der Waals surface area contributed by atoms with Gasteiger partial charge in [0.1, 0.15) is 12.4 Å². The van der Waals surface area contributed by atoms with Gasteiger partial charge in [-0.25, -0.2) is 4.98 Å². The molecule has 0 aliphatic heterocycles. The Morgan fingerprint density at radius 3 is 2.95 bits per heavy atom. The lowest BCUT2D eigenvalue weighted by Gasteiger charge is -2.11. The number of aldehydes is 1. The third-order valence-corrected chi connectivity index (χ3v) is 3.73. The predicted molar refractivity (Wildman–Crippen MR) is 76.6 cm³/mol.